The van der Waals surface area contributed by atoms with Crippen molar-refractivity contribution in [2.24, 2.45) is 0 Å². The highest BCUT2D eigenvalue weighted by atomic mass is 32.1. The van der Waals surface area contributed by atoms with Crippen LogP contribution in [0.5, 0.6) is 0 Å². The number of ether oxygens (including phenoxy) is 1. The minimum Gasteiger partial charge on any atom is -0.385 e. The van der Waals surface area contributed by atoms with E-state index >= 15 is 0 Å². The van der Waals surface area contributed by atoms with Crippen LogP contribution in [0.3, 0.4) is 0 Å². The van der Waals surface area contributed by atoms with Crippen LogP contribution in [0.15, 0.2) is 17.5 Å². The molecule has 1 rings (SSSR count). The molecule has 0 saturated heterocycles. The summed E-state index contributed by atoms with van der Waals surface area (Å²) < 4.78 is 5.62. The average molecular weight is 214 g/mol. The van der Waals surface area contributed by atoms with Crippen LogP contribution in [0.25, 0.3) is 0 Å². The van der Waals surface area contributed by atoms with Crippen LogP contribution in [0.1, 0.15) is 38.2 Å². The lowest BCUT2D eigenvalue weighted by Crippen LogP contribution is -2.35. The predicted octanol–water partition coefficient (Wildman–Crippen LogP) is 2.99. The number of hydrogen-bond acceptors (Lipinski definition) is 3. The molecule has 2 atom stereocenters. The van der Waals surface area contributed by atoms with Crippen molar-refractivity contribution in [1.29, 1.82) is 0 Å². The summed E-state index contributed by atoms with van der Waals surface area (Å²) >= 11 is 1.57. The van der Waals surface area contributed by atoms with E-state index in [1.807, 2.05) is 38.3 Å². The summed E-state index contributed by atoms with van der Waals surface area (Å²) in [6.07, 6.45) is 0.285. The van der Waals surface area contributed by atoms with Gasteiger partial charge in [-0.2, -0.15) is 0 Å². The van der Waals surface area contributed by atoms with Gasteiger partial charge in [-0.25, -0.2) is 0 Å². The Kier molecular flexibility index (Phi) is 4.11. The van der Waals surface area contributed by atoms with Gasteiger partial charge in [0, 0.05) is 11.5 Å². The first-order valence-electron chi connectivity index (χ1n) is 4.99. The van der Waals surface area contributed by atoms with Gasteiger partial charge in [-0.05, 0) is 31.7 Å². The highest BCUT2D eigenvalue weighted by Crippen LogP contribution is 2.34. The van der Waals surface area contributed by atoms with Crippen molar-refractivity contribution in [3.05, 3.63) is 22.4 Å². The molecular weight excluding hydrogens is 196 g/mol. The molecule has 0 bridgehead atoms. The Balaban J connectivity index is 2.79. The van der Waals surface area contributed by atoms with Gasteiger partial charge in [0.2, 0.25) is 0 Å². The van der Waals surface area contributed by atoms with Gasteiger partial charge in [0.25, 0.3) is 0 Å². The number of aliphatic hydroxyl groups is 1. The number of hydrogen-bond donors (Lipinski definition) is 1. The molecule has 1 heterocycles. The Bertz CT molecular complexity index is 258. The third-order valence-corrected chi connectivity index (χ3v) is 3.49. The van der Waals surface area contributed by atoms with Crippen LogP contribution < -0.4 is 0 Å². The molecular formula is C11H18O2S. The Morgan fingerprint density at radius 3 is 2.71 bits per heavy atom. The monoisotopic (exact) mass is 214 g/mol. The first-order chi connectivity index (χ1) is 6.64. The molecule has 0 spiro atoms. The van der Waals surface area contributed by atoms with Gasteiger partial charge >= 0.3 is 0 Å². The van der Waals surface area contributed by atoms with E-state index in [0.29, 0.717) is 6.61 Å². The molecule has 3 heteroatoms. The maximum atomic E-state index is 10.1. The van der Waals surface area contributed by atoms with Crippen LogP contribution in [-0.4, -0.2) is 17.3 Å². The van der Waals surface area contributed by atoms with Gasteiger partial charge in [-0.3, -0.25) is 0 Å². The Morgan fingerprint density at radius 2 is 2.29 bits per heavy atom. The number of aliphatic hydroxyl groups excluding tert-OH is 1. The summed E-state index contributed by atoms with van der Waals surface area (Å²) in [7, 11) is 0. The smallest absolute Gasteiger partial charge is 0.117 e. The lowest BCUT2D eigenvalue weighted by atomic mass is 9.94. The van der Waals surface area contributed by atoms with E-state index < -0.39 is 11.7 Å². The standard InChI is InChI=1S/C11H18O2S/c1-4-11(3,13-5-2)10(12)9-7-6-8-14-9/h6-8,10,12H,4-5H2,1-3H3. The van der Waals surface area contributed by atoms with Gasteiger partial charge in [0.1, 0.15) is 6.10 Å². The van der Waals surface area contributed by atoms with Gasteiger partial charge in [-0.1, -0.05) is 13.0 Å². The molecule has 0 aromatic carbocycles. The zero-order chi connectivity index (χ0) is 10.6. The normalized spacial score (nSPS) is 17.7. The van der Waals surface area contributed by atoms with Crippen molar-refractivity contribution in [3.8, 4) is 0 Å². The van der Waals surface area contributed by atoms with E-state index in [2.05, 4.69) is 0 Å². The molecule has 2 nitrogen and oxygen atoms in total. The zero-order valence-corrected chi connectivity index (χ0v) is 9.80. The number of rotatable bonds is 5. The van der Waals surface area contributed by atoms with Crippen LogP contribution in [0.2, 0.25) is 0 Å². The second kappa shape index (κ2) is 4.91. The molecule has 2 unspecified atom stereocenters. The van der Waals surface area contributed by atoms with Gasteiger partial charge in [0.15, 0.2) is 0 Å². The molecule has 1 aromatic heterocycles. The Labute approximate surface area is 89.5 Å². The quantitative estimate of drug-likeness (QED) is 0.816. The van der Waals surface area contributed by atoms with E-state index in [4.69, 9.17) is 4.74 Å². The van der Waals surface area contributed by atoms with Crippen molar-refractivity contribution < 1.29 is 9.84 Å². The molecule has 0 aliphatic rings. The van der Waals surface area contributed by atoms with Crippen molar-refractivity contribution in [2.75, 3.05) is 6.61 Å². The summed E-state index contributed by atoms with van der Waals surface area (Å²) in [5.74, 6) is 0. The van der Waals surface area contributed by atoms with E-state index in [1.54, 1.807) is 11.3 Å². The second-order valence-electron chi connectivity index (χ2n) is 3.52. The topological polar surface area (TPSA) is 29.5 Å². The molecule has 0 aliphatic heterocycles. The third kappa shape index (κ3) is 2.35. The van der Waals surface area contributed by atoms with Crippen molar-refractivity contribution in [1.82, 2.24) is 0 Å². The van der Waals surface area contributed by atoms with Crippen molar-refractivity contribution in [3.63, 3.8) is 0 Å². The molecule has 0 saturated carbocycles. The molecule has 0 amide bonds. The fourth-order valence-corrected chi connectivity index (χ4v) is 2.30. The summed E-state index contributed by atoms with van der Waals surface area (Å²) in [5, 5.41) is 12.1. The SMILES string of the molecule is CCOC(C)(CC)C(O)c1cccs1. The van der Waals surface area contributed by atoms with E-state index in [1.165, 1.54) is 0 Å². The van der Waals surface area contributed by atoms with Crippen molar-refractivity contribution >= 4 is 11.3 Å². The maximum absolute atomic E-state index is 10.1. The predicted molar refractivity (Wildman–Crippen MR) is 59.6 cm³/mol. The molecule has 14 heavy (non-hydrogen) atoms. The fourth-order valence-electron chi connectivity index (χ4n) is 1.45. The van der Waals surface area contributed by atoms with Crippen LogP contribution >= 0.6 is 11.3 Å². The largest absolute Gasteiger partial charge is 0.385 e. The summed E-state index contributed by atoms with van der Waals surface area (Å²) in [6, 6.07) is 3.90. The third-order valence-electron chi connectivity index (χ3n) is 2.57. The summed E-state index contributed by atoms with van der Waals surface area (Å²) in [4.78, 5) is 0.975. The van der Waals surface area contributed by atoms with Gasteiger partial charge < -0.3 is 9.84 Å². The lowest BCUT2D eigenvalue weighted by molar-refractivity contribution is -0.111. The maximum Gasteiger partial charge on any atom is 0.117 e. The first-order valence-corrected chi connectivity index (χ1v) is 5.87. The number of thiophene rings is 1. The lowest BCUT2D eigenvalue weighted by Gasteiger charge is -2.32. The fraction of sp³-hybridized carbons (Fsp3) is 0.636. The molecule has 0 fully saturated rings. The summed E-state index contributed by atoms with van der Waals surface area (Å²) in [6.45, 7) is 6.58. The summed E-state index contributed by atoms with van der Waals surface area (Å²) in [5.41, 5.74) is -0.459. The Morgan fingerprint density at radius 1 is 1.57 bits per heavy atom. The molecule has 1 aromatic rings. The Hall–Kier alpha value is -0.380. The van der Waals surface area contributed by atoms with E-state index in [-0.39, 0.29) is 0 Å². The highest BCUT2D eigenvalue weighted by molar-refractivity contribution is 7.10. The first kappa shape index (κ1) is 11.7. The van der Waals surface area contributed by atoms with E-state index in [9.17, 15) is 5.11 Å². The zero-order valence-electron chi connectivity index (χ0n) is 8.99. The van der Waals surface area contributed by atoms with Gasteiger partial charge in [0.05, 0.1) is 5.60 Å². The van der Waals surface area contributed by atoms with E-state index in [0.717, 1.165) is 11.3 Å². The molecule has 1 N–H and O–H groups in total. The van der Waals surface area contributed by atoms with Crippen molar-refractivity contribution in [2.45, 2.75) is 38.9 Å². The van der Waals surface area contributed by atoms with Crippen LogP contribution in [-0.2, 0) is 4.74 Å². The average Bonchev–Trinajstić information content (AvgIpc) is 2.69. The highest BCUT2D eigenvalue weighted by Gasteiger charge is 2.33. The van der Waals surface area contributed by atoms with Crippen LogP contribution in [0, 0.1) is 0 Å². The minimum atomic E-state index is -0.521. The van der Waals surface area contributed by atoms with Gasteiger partial charge in [-0.15, -0.1) is 11.3 Å². The molecule has 80 valence electrons. The molecule has 0 aliphatic carbocycles. The second-order valence-corrected chi connectivity index (χ2v) is 4.50. The molecule has 0 radical (unpaired) electrons. The minimum absolute atomic E-state index is 0.459. The van der Waals surface area contributed by atoms with Crippen LogP contribution in [0.4, 0.5) is 0 Å².